The fourth-order valence-corrected chi connectivity index (χ4v) is 2.90. The molecule has 2 aromatic rings. The number of thioether (sulfide) groups is 1. The van der Waals surface area contributed by atoms with Gasteiger partial charge >= 0.3 is 0 Å². The smallest absolute Gasteiger partial charge is 0.161 e. The Morgan fingerprint density at radius 3 is 2.74 bits per heavy atom. The van der Waals surface area contributed by atoms with Crippen molar-refractivity contribution in [3.05, 3.63) is 35.8 Å². The highest BCUT2D eigenvalue weighted by molar-refractivity contribution is 7.97. The number of nitrogen functional groups attached to an aromatic ring is 1. The highest BCUT2D eigenvalue weighted by Crippen LogP contribution is 2.24. The zero-order valence-corrected chi connectivity index (χ0v) is 13.8. The van der Waals surface area contributed by atoms with Gasteiger partial charge in [-0.15, -0.1) is 0 Å². The molecule has 0 spiro atoms. The Labute approximate surface area is 139 Å². The highest BCUT2D eigenvalue weighted by atomic mass is 32.2. The number of hydrogen-bond donors (Lipinski definition) is 1. The van der Waals surface area contributed by atoms with Crippen LogP contribution in [0.1, 0.15) is 5.69 Å². The number of benzene rings is 1. The van der Waals surface area contributed by atoms with E-state index in [-0.39, 0.29) is 5.69 Å². The number of nitrogens with two attached hydrogens (primary N) is 1. The van der Waals surface area contributed by atoms with E-state index in [1.165, 1.54) is 6.07 Å². The lowest BCUT2D eigenvalue weighted by molar-refractivity contribution is 0.122. The number of aromatic nitrogens is 2. The van der Waals surface area contributed by atoms with Gasteiger partial charge in [0.1, 0.15) is 11.6 Å². The average Bonchev–Trinajstić information content (AvgIpc) is 2.58. The van der Waals surface area contributed by atoms with Crippen molar-refractivity contribution in [1.82, 2.24) is 9.97 Å². The molecule has 122 valence electrons. The van der Waals surface area contributed by atoms with Gasteiger partial charge < -0.3 is 15.4 Å². The van der Waals surface area contributed by atoms with E-state index < -0.39 is 5.82 Å². The molecular weight excluding hydrogens is 315 g/mol. The van der Waals surface area contributed by atoms with Crippen LogP contribution in [0, 0.1) is 5.82 Å². The predicted molar refractivity (Wildman–Crippen MR) is 92.1 cm³/mol. The van der Waals surface area contributed by atoms with Crippen LogP contribution in [0.3, 0.4) is 0 Å². The fourth-order valence-electron chi connectivity index (χ4n) is 2.45. The molecule has 0 amide bonds. The van der Waals surface area contributed by atoms with Gasteiger partial charge in [-0.2, -0.15) is 11.8 Å². The first-order valence-electron chi connectivity index (χ1n) is 7.42. The van der Waals surface area contributed by atoms with E-state index in [1.54, 1.807) is 23.9 Å². The Kier molecular flexibility index (Phi) is 4.97. The van der Waals surface area contributed by atoms with Crippen LogP contribution in [0.15, 0.2) is 24.3 Å². The van der Waals surface area contributed by atoms with Crippen LogP contribution in [0.25, 0.3) is 11.4 Å². The largest absolute Gasteiger partial charge is 0.396 e. The normalized spacial score (nSPS) is 15.0. The molecule has 3 rings (SSSR count). The molecule has 1 aromatic carbocycles. The van der Waals surface area contributed by atoms with E-state index in [9.17, 15) is 4.39 Å². The van der Waals surface area contributed by atoms with Crippen LogP contribution < -0.4 is 10.6 Å². The van der Waals surface area contributed by atoms with Crippen molar-refractivity contribution >= 4 is 23.3 Å². The summed E-state index contributed by atoms with van der Waals surface area (Å²) in [7, 11) is 0. The summed E-state index contributed by atoms with van der Waals surface area (Å²) in [4.78, 5) is 11.4. The summed E-state index contributed by atoms with van der Waals surface area (Å²) in [5.74, 6) is 1.72. The topological polar surface area (TPSA) is 64.3 Å². The predicted octanol–water partition coefficient (Wildman–Crippen LogP) is 2.56. The summed E-state index contributed by atoms with van der Waals surface area (Å²) in [6.07, 6.45) is 2.03. The monoisotopic (exact) mass is 334 g/mol. The van der Waals surface area contributed by atoms with Gasteiger partial charge in [-0.1, -0.05) is 0 Å². The van der Waals surface area contributed by atoms with Crippen molar-refractivity contribution in [2.24, 2.45) is 0 Å². The fraction of sp³-hybridized carbons (Fsp3) is 0.375. The van der Waals surface area contributed by atoms with E-state index in [1.807, 2.05) is 12.3 Å². The first-order chi connectivity index (χ1) is 11.2. The lowest BCUT2D eigenvalue weighted by Crippen LogP contribution is -2.37. The SMILES string of the molecule is CSCc1cc(N2CCOCC2)nc(-c2ccc(N)c(F)c2)n1. The van der Waals surface area contributed by atoms with Crippen molar-refractivity contribution in [2.45, 2.75) is 5.75 Å². The summed E-state index contributed by atoms with van der Waals surface area (Å²) < 4.78 is 19.1. The van der Waals surface area contributed by atoms with Crippen LogP contribution in [-0.2, 0) is 10.5 Å². The molecule has 0 atom stereocenters. The third-order valence-electron chi connectivity index (χ3n) is 3.65. The number of rotatable bonds is 4. The third-order valence-corrected chi connectivity index (χ3v) is 4.24. The molecule has 2 heterocycles. The van der Waals surface area contributed by atoms with Gasteiger partial charge in [0.25, 0.3) is 0 Å². The second-order valence-corrected chi connectivity index (χ2v) is 6.18. The number of morpholine rings is 1. The molecule has 2 N–H and O–H groups in total. The first kappa shape index (κ1) is 16.0. The Morgan fingerprint density at radius 2 is 2.04 bits per heavy atom. The van der Waals surface area contributed by atoms with Gasteiger partial charge in [-0.25, -0.2) is 14.4 Å². The lowest BCUT2D eigenvalue weighted by atomic mass is 10.2. The van der Waals surface area contributed by atoms with Crippen LogP contribution in [-0.4, -0.2) is 42.5 Å². The molecule has 1 aliphatic heterocycles. The molecule has 0 saturated carbocycles. The number of ether oxygens (including phenoxy) is 1. The Bertz CT molecular complexity index is 692. The minimum absolute atomic E-state index is 0.127. The Balaban J connectivity index is 2.00. The minimum Gasteiger partial charge on any atom is -0.396 e. The van der Waals surface area contributed by atoms with Crippen LogP contribution in [0.2, 0.25) is 0 Å². The molecule has 7 heteroatoms. The molecule has 1 aliphatic rings. The molecule has 23 heavy (non-hydrogen) atoms. The molecule has 1 fully saturated rings. The van der Waals surface area contributed by atoms with Crippen molar-refractivity contribution in [2.75, 3.05) is 43.2 Å². The number of anilines is 2. The molecule has 0 radical (unpaired) electrons. The number of halogens is 1. The maximum atomic E-state index is 13.8. The second kappa shape index (κ2) is 7.14. The van der Waals surface area contributed by atoms with E-state index in [0.29, 0.717) is 24.6 Å². The van der Waals surface area contributed by atoms with Crippen molar-refractivity contribution in [1.29, 1.82) is 0 Å². The van der Waals surface area contributed by atoms with E-state index in [2.05, 4.69) is 14.9 Å². The molecule has 0 unspecified atom stereocenters. The van der Waals surface area contributed by atoms with Crippen molar-refractivity contribution in [3.63, 3.8) is 0 Å². The highest BCUT2D eigenvalue weighted by Gasteiger charge is 2.16. The van der Waals surface area contributed by atoms with Crippen molar-refractivity contribution < 1.29 is 9.13 Å². The third kappa shape index (κ3) is 3.73. The summed E-state index contributed by atoms with van der Waals surface area (Å²) in [6, 6.07) is 6.68. The first-order valence-corrected chi connectivity index (χ1v) is 8.82. The molecule has 0 bridgehead atoms. The van der Waals surface area contributed by atoms with Gasteiger partial charge in [0.15, 0.2) is 5.82 Å². The Morgan fingerprint density at radius 1 is 1.26 bits per heavy atom. The summed E-state index contributed by atoms with van der Waals surface area (Å²) in [5, 5.41) is 0. The van der Waals surface area contributed by atoms with Gasteiger partial charge in [0.05, 0.1) is 24.6 Å². The zero-order valence-electron chi connectivity index (χ0n) is 13.0. The molecule has 1 aromatic heterocycles. The summed E-state index contributed by atoms with van der Waals surface area (Å²) in [6.45, 7) is 2.97. The molecular formula is C16H19FN4OS. The van der Waals surface area contributed by atoms with Gasteiger partial charge in [0.2, 0.25) is 0 Å². The average molecular weight is 334 g/mol. The lowest BCUT2D eigenvalue weighted by Gasteiger charge is -2.28. The Hall–Kier alpha value is -1.86. The van der Waals surface area contributed by atoms with E-state index in [4.69, 9.17) is 10.5 Å². The summed E-state index contributed by atoms with van der Waals surface area (Å²) in [5.41, 5.74) is 7.24. The maximum absolute atomic E-state index is 13.8. The molecule has 5 nitrogen and oxygen atoms in total. The molecule has 0 aliphatic carbocycles. The standard InChI is InChI=1S/C16H19FN4OS/c1-23-10-12-9-15(21-4-6-22-7-5-21)20-16(19-12)11-2-3-14(18)13(17)8-11/h2-3,8-9H,4-7,10,18H2,1H3. The maximum Gasteiger partial charge on any atom is 0.161 e. The number of nitrogens with zero attached hydrogens (tertiary/aromatic N) is 3. The minimum atomic E-state index is -0.450. The van der Waals surface area contributed by atoms with Gasteiger partial charge in [0, 0.05) is 30.5 Å². The van der Waals surface area contributed by atoms with Crippen LogP contribution in [0.5, 0.6) is 0 Å². The van der Waals surface area contributed by atoms with E-state index in [0.717, 1.165) is 30.4 Å². The quantitative estimate of drug-likeness (QED) is 0.867. The van der Waals surface area contributed by atoms with Crippen LogP contribution >= 0.6 is 11.8 Å². The van der Waals surface area contributed by atoms with Crippen molar-refractivity contribution in [3.8, 4) is 11.4 Å². The van der Waals surface area contributed by atoms with Gasteiger partial charge in [-0.05, 0) is 24.5 Å². The van der Waals surface area contributed by atoms with Crippen LogP contribution in [0.4, 0.5) is 15.9 Å². The zero-order chi connectivity index (χ0) is 16.2. The van der Waals surface area contributed by atoms with E-state index >= 15 is 0 Å². The van der Waals surface area contributed by atoms with Gasteiger partial charge in [-0.3, -0.25) is 0 Å². The molecule has 1 saturated heterocycles. The second-order valence-electron chi connectivity index (χ2n) is 5.31. The summed E-state index contributed by atoms with van der Waals surface area (Å²) >= 11 is 1.69. The number of hydrogen-bond acceptors (Lipinski definition) is 6.